The number of esters is 1. The maximum absolute atomic E-state index is 12.4. The number of carbonyl (C=O) groups excluding carboxylic acids is 2. The number of unbranched alkanes of at least 4 members (excludes halogenated alkanes) is 42. The maximum Gasteiger partial charge on any atom is 0.305 e. The van der Waals surface area contributed by atoms with Gasteiger partial charge in [-0.25, -0.2) is 0 Å². The first-order chi connectivity index (χ1) is 31.0. The normalized spacial score (nSPS) is 12.6. The van der Waals surface area contributed by atoms with Crippen LogP contribution in [0.2, 0.25) is 0 Å². The quantitative estimate of drug-likeness (QED) is 0.0321. The number of hydrogen-bond donors (Lipinski definition) is 3. The summed E-state index contributed by atoms with van der Waals surface area (Å²) < 4.78 is 5.46. The average molecular weight is 891 g/mol. The Kier molecular flexibility index (Phi) is 52.0. The molecule has 3 N–H and O–H groups in total. The van der Waals surface area contributed by atoms with Gasteiger partial charge < -0.3 is 20.3 Å². The van der Waals surface area contributed by atoms with Crippen molar-refractivity contribution in [2.24, 2.45) is 0 Å². The molecule has 0 heterocycles. The Morgan fingerprint density at radius 2 is 0.730 bits per heavy atom. The van der Waals surface area contributed by atoms with Crippen molar-refractivity contribution >= 4 is 11.9 Å². The van der Waals surface area contributed by atoms with E-state index in [-0.39, 0.29) is 18.5 Å². The number of amides is 1. The summed E-state index contributed by atoms with van der Waals surface area (Å²) in [4.78, 5) is 24.4. The molecule has 0 rings (SSSR count). The van der Waals surface area contributed by atoms with Crippen molar-refractivity contribution in [3.8, 4) is 0 Å². The van der Waals surface area contributed by atoms with Gasteiger partial charge in [-0.05, 0) is 32.1 Å². The number of allylic oxidation sites excluding steroid dienone is 1. The Hall–Kier alpha value is -1.40. The van der Waals surface area contributed by atoms with Gasteiger partial charge in [-0.3, -0.25) is 9.59 Å². The summed E-state index contributed by atoms with van der Waals surface area (Å²) in [7, 11) is 0. The lowest BCUT2D eigenvalue weighted by Crippen LogP contribution is -2.45. The molecule has 0 spiro atoms. The third-order valence-corrected chi connectivity index (χ3v) is 13.3. The molecule has 6 heteroatoms. The highest BCUT2D eigenvalue weighted by molar-refractivity contribution is 5.76. The highest BCUT2D eigenvalue weighted by atomic mass is 16.5. The molecule has 2 atom stereocenters. The zero-order valence-corrected chi connectivity index (χ0v) is 42.6. The molecule has 0 aliphatic carbocycles. The number of aliphatic hydroxyl groups is 2. The maximum atomic E-state index is 12.4. The first-order valence-corrected chi connectivity index (χ1v) is 28.5. The molecule has 0 radical (unpaired) electrons. The summed E-state index contributed by atoms with van der Waals surface area (Å²) in [5.41, 5.74) is 0. The summed E-state index contributed by atoms with van der Waals surface area (Å²) in [5, 5.41) is 23.0. The fraction of sp³-hybridized carbons (Fsp3) is 0.930. The van der Waals surface area contributed by atoms with Crippen LogP contribution in [0.25, 0.3) is 0 Å². The van der Waals surface area contributed by atoms with Crippen LogP contribution < -0.4 is 5.32 Å². The Balaban J connectivity index is 3.34. The Morgan fingerprint density at radius 1 is 0.429 bits per heavy atom. The fourth-order valence-corrected chi connectivity index (χ4v) is 8.93. The second-order valence-corrected chi connectivity index (χ2v) is 19.6. The van der Waals surface area contributed by atoms with Gasteiger partial charge in [0.05, 0.1) is 25.4 Å². The third kappa shape index (κ3) is 49.9. The molecular formula is C57H111NO5. The molecule has 6 nitrogen and oxygen atoms in total. The van der Waals surface area contributed by atoms with Crippen LogP contribution in [0.3, 0.4) is 0 Å². The predicted octanol–water partition coefficient (Wildman–Crippen LogP) is 17.3. The van der Waals surface area contributed by atoms with Crippen molar-refractivity contribution in [3.63, 3.8) is 0 Å². The molecule has 0 aliphatic heterocycles. The smallest absolute Gasteiger partial charge is 0.305 e. The Labute approximate surface area is 393 Å². The first-order valence-electron chi connectivity index (χ1n) is 28.5. The molecule has 0 saturated heterocycles. The van der Waals surface area contributed by atoms with Gasteiger partial charge in [-0.15, -0.1) is 0 Å². The van der Waals surface area contributed by atoms with E-state index in [1.165, 1.54) is 250 Å². The van der Waals surface area contributed by atoms with E-state index in [2.05, 4.69) is 19.2 Å². The zero-order valence-electron chi connectivity index (χ0n) is 42.6. The summed E-state index contributed by atoms with van der Waals surface area (Å²) >= 11 is 0. The van der Waals surface area contributed by atoms with Crippen molar-refractivity contribution in [2.45, 2.75) is 328 Å². The number of hydrogen-bond acceptors (Lipinski definition) is 5. The van der Waals surface area contributed by atoms with E-state index in [4.69, 9.17) is 4.74 Å². The topological polar surface area (TPSA) is 95.9 Å². The number of aliphatic hydroxyl groups excluding tert-OH is 2. The highest BCUT2D eigenvalue weighted by Crippen LogP contribution is 2.17. The molecule has 0 aromatic heterocycles. The van der Waals surface area contributed by atoms with E-state index in [1.54, 1.807) is 6.08 Å². The van der Waals surface area contributed by atoms with Gasteiger partial charge in [0.25, 0.3) is 0 Å². The van der Waals surface area contributed by atoms with E-state index in [0.717, 1.165) is 38.5 Å². The van der Waals surface area contributed by atoms with Crippen LogP contribution in [-0.4, -0.2) is 47.4 Å². The molecule has 374 valence electrons. The molecule has 0 aliphatic rings. The van der Waals surface area contributed by atoms with E-state index in [1.807, 2.05) is 6.08 Å². The highest BCUT2D eigenvalue weighted by Gasteiger charge is 2.18. The van der Waals surface area contributed by atoms with Crippen LogP contribution >= 0.6 is 0 Å². The second kappa shape index (κ2) is 53.2. The van der Waals surface area contributed by atoms with Crippen molar-refractivity contribution < 1.29 is 24.5 Å². The van der Waals surface area contributed by atoms with Crippen LogP contribution in [0.4, 0.5) is 0 Å². The van der Waals surface area contributed by atoms with Gasteiger partial charge in [0.1, 0.15) is 0 Å². The molecule has 0 aromatic rings. The predicted molar refractivity (Wildman–Crippen MR) is 273 cm³/mol. The SMILES string of the molecule is CCCCCCCCCC/C=C/C(O)C(CO)NC(=O)CCCCCCCCCCCCCCCCCCCCCCCCCCCOC(=O)CCCCCCCCCCCCC. The molecular weight excluding hydrogens is 779 g/mol. The van der Waals surface area contributed by atoms with Gasteiger partial charge in [-0.2, -0.15) is 0 Å². The number of rotatable bonds is 53. The molecule has 0 bridgehead atoms. The van der Waals surface area contributed by atoms with Crippen molar-refractivity contribution in [2.75, 3.05) is 13.2 Å². The molecule has 0 saturated carbocycles. The fourth-order valence-electron chi connectivity index (χ4n) is 8.93. The largest absolute Gasteiger partial charge is 0.466 e. The molecule has 0 fully saturated rings. The van der Waals surface area contributed by atoms with Crippen LogP contribution in [-0.2, 0) is 14.3 Å². The third-order valence-electron chi connectivity index (χ3n) is 13.3. The zero-order chi connectivity index (χ0) is 45.8. The van der Waals surface area contributed by atoms with Crippen LogP contribution in [0.5, 0.6) is 0 Å². The number of carbonyl (C=O) groups is 2. The lowest BCUT2D eigenvalue weighted by Gasteiger charge is -2.20. The summed E-state index contributed by atoms with van der Waals surface area (Å²) in [5.74, 6) is -0.0514. The summed E-state index contributed by atoms with van der Waals surface area (Å²) in [6.45, 7) is 4.89. The van der Waals surface area contributed by atoms with Gasteiger partial charge in [-0.1, -0.05) is 283 Å². The molecule has 1 amide bonds. The lowest BCUT2D eigenvalue weighted by atomic mass is 10.0. The monoisotopic (exact) mass is 890 g/mol. The van der Waals surface area contributed by atoms with E-state index < -0.39 is 12.1 Å². The minimum atomic E-state index is -0.840. The van der Waals surface area contributed by atoms with Crippen LogP contribution in [0, 0.1) is 0 Å². The number of nitrogens with one attached hydrogen (secondary N) is 1. The number of ether oxygens (including phenoxy) is 1. The Bertz CT molecular complexity index is 939. The van der Waals surface area contributed by atoms with Crippen molar-refractivity contribution in [1.82, 2.24) is 5.32 Å². The first kappa shape index (κ1) is 61.6. The Morgan fingerprint density at radius 3 is 1.08 bits per heavy atom. The van der Waals surface area contributed by atoms with Crippen molar-refractivity contribution in [3.05, 3.63) is 12.2 Å². The summed E-state index contributed by atoms with van der Waals surface area (Å²) in [6, 6.07) is -0.623. The van der Waals surface area contributed by atoms with Gasteiger partial charge in [0.2, 0.25) is 5.91 Å². The van der Waals surface area contributed by atoms with E-state index in [0.29, 0.717) is 19.4 Å². The van der Waals surface area contributed by atoms with Crippen LogP contribution in [0.1, 0.15) is 316 Å². The summed E-state index contributed by atoms with van der Waals surface area (Å²) in [6.07, 6.45) is 62.5. The van der Waals surface area contributed by atoms with Crippen molar-refractivity contribution in [1.29, 1.82) is 0 Å². The standard InChI is InChI=1S/C57H111NO5/c1-3-5-7-9-11-13-30-35-39-43-47-51-57(62)63-52-48-44-40-36-32-29-27-25-23-21-19-17-15-16-18-20-22-24-26-28-31-34-38-42-46-50-56(61)58-54(53-59)55(60)49-45-41-37-33-14-12-10-8-6-4-2/h45,49,54-55,59-60H,3-44,46-48,50-53H2,1-2H3,(H,58,61)/b49-45+. The van der Waals surface area contributed by atoms with E-state index >= 15 is 0 Å². The van der Waals surface area contributed by atoms with Crippen LogP contribution in [0.15, 0.2) is 12.2 Å². The minimum absolute atomic E-state index is 0.0157. The van der Waals surface area contributed by atoms with Gasteiger partial charge in [0, 0.05) is 12.8 Å². The molecule has 2 unspecified atom stereocenters. The lowest BCUT2D eigenvalue weighted by molar-refractivity contribution is -0.143. The van der Waals surface area contributed by atoms with E-state index in [9.17, 15) is 19.8 Å². The average Bonchev–Trinajstić information content (AvgIpc) is 3.28. The molecule has 63 heavy (non-hydrogen) atoms. The molecule has 0 aromatic carbocycles. The minimum Gasteiger partial charge on any atom is -0.466 e. The second-order valence-electron chi connectivity index (χ2n) is 19.6. The van der Waals surface area contributed by atoms with Gasteiger partial charge >= 0.3 is 5.97 Å². The van der Waals surface area contributed by atoms with Gasteiger partial charge in [0.15, 0.2) is 0 Å².